The molecule has 1 aromatic heterocycles. The number of fused-ring (bicyclic) bond motifs is 6. The molecule has 0 bridgehead atoms. The van der Waals surface area contributed by atoms with Gasteiger partial charge >= 0.3 is 0 Å². The van der Waals surface area contributed by atoms with Crippen LogP contribution in [0.1, 0.15) is 17.5 Å². The number of hydrogen-bond acceptors (Lipinski definition) is 2. The minimum atomic E-state index is -0.648. The van der Waals surface area contributed by atoms with Crippen LogP contribution >= 0.6 is 11.3 Å². The van der Waals surface area contributed by atoms with Crippen molar-refractivity contribution >= 4 is 70.0 Å². The summed E-state index contributed by atoms with van der Waals surface area (Å²) in [5, 5.41) is 7.59. The molecule has 1 atom stereocenters. The molecule has 1 nitrogen and oxygen atoms in total. The summed E-state index contributed by atoms with van der Waals surface area (Å²) in [6.07, 6.45) is 7.73. The molecule has 0 amide bonds. The highest BCUT2D eigenvalue weighted by Crippen LogP contribution is 2.55. The van der Waals surface area contributed by atoms with Gasteiger partial charge < -0.3 is 4.90 Å². The van der Waals surface area contributed by atoms with Gasteiger partial charge in [-0.05, 0) is 91.9 Å². The van der Waals surface area contributed by atoms with Gasteiger partial charge in [-0.3, -0.25) is 0 Å². The van der Waals surface area contributed by atoms with Crippen LogP contribution < -0.4 is 4.90 Å². The first-order valence-corrected chi connectivity index (χ1v) is 20.9. The molecular formula is C56H39NS. The Kier molecular flexibility index (Phi) is 8.38. The van der Waals surface area contributed by atoms with Gasteiger partial charge in [-0.2, -0.15) is 0 Å². The van der Waals surface area contributed by atoms with Crippen molar-refractivity contribution < 1.29 is 0 Å². The average Bonchev–Trinajstić information content (AvgIpc) is 3.68. The summed E-state index contributed by atoms with van der Waals surface area (Å²) in [4.78, 5) is 2.67. The Hall–Kier alpha value is -7.00. The number of allylic oxidation sites excluding steroid dienone is 2. The Bertz CT molecular complexity index is 3190. The first-order valence-electron chi connectivity index (χ1n) is 20.1. The molecule has 0 saturated heterocycles. The molecule has 10 aromatic rings. The van der Waals surface area contributed by atoms with E-state index in [2.05, 4.69) is 229 Å². The van der Waals surface area contributed by atoms with Gasteiger partial charge in [0.05, 0.1) is 5.69 Å². The second-order valence-electron chi connectivity index (χ2n) is 15.2. The maximum atomic E-state index is 2.67. The lowest BCUT2D eigenvalue weighted by Crippen LogP contribution is -2.45. The molecule has 11 rings (SSSR count). The van der Waals surface area contributed by atoms with E-state index < -0.39 is 5.54 Å². The minimum absolute atomic E-state index is 0.648. The van der Waals surface area contributed by atoms with Crippen molar-refractivity contribution in [3.05, 3.63) is 236 Å². The molecule has 1 aliphatic carbocycles. The van der Waals surface area contributed by atoms with Crippen LogP contribution in [0.25, 0.3) is 69.5 Å². The van der Waals surface area contributed by atoms with Crippen molar-refractivity contribution in [2.75, 3.05) is 4.90 Å². The lowest BCUT2D eigenvalue weighted by molar-refractivity contribution is 0.569. The number of hydrogen-bond donors (Lipinski definition) is 0. The van der Waals surface area contributed by atoms with E-state index in [1.165, 1.54) is 86.4 Å². The fourth-order valence-corrected chi connectivity index (χ4v) is 10.5. The highest BCUT2D eigenvalue weighted by molar-refractivity contribution is 7.25. The van der Waals surface area contributed by atoms with Crippen LogP contribution in [0.15, 0.2) is 224 Å². The molecule has 274 valence electrons. The molecule has 1 heterocycles. The van der Waals surface area contributed by atoms with Crippen LogP contribution in [0.5, 0.6) is 0 Å². The molecule has 0 spiro atoms. The zero-order chi connectivity index (χ0) is 38.5. The zero-order valence-electron chi connectivity index (χ0n) is 31.9. The number of anilines is 2. The van der Waals surface area contributed by atoms with Gasteiger partial charge in [-0.15, -0.1) is 11.3 Å². The van der Waals surface area contributed by atoms with Crippen molar-refractivity contribution in [1.82, 2.24) is 0 Å². The fraction of sp³-hybridized carbons (Fsp3) is 0.0357. The van der Waals surface area contributed by atoms with E-state index in [0.29, 0.717) is 0 Å². The molecule has 0 fully saturated rings. The van der Waals surface area contributed by atoms with Crippen LogP contribution in [0.2, 0.25) is 0 Å². The van der Waals surface area contributed by atoms with Crippen molar-refractivity contribution in [2.24, 2.45) is 0 Å². The van der Waals surface area contributed by atoms with E-state index in [4.69, 9.17) is 0 Å². The van der Waals surface area contributed by atoms with E-state index in [1.54, 1.807) is 0 Å². The van der Waals surface area contributed by atoms with E-state index in [9.17, 15) is 0 Å². The smallest absolute Gasteiger partial charge is 0.100 e. The SMILES string of the molecule is C1=CCC(c2ccccc2-c2ccccc2)(N(c2ccc(-c3ccc4c(c3)sc3ccccc34)cc2)c2cc3ccccc3c3ccccc23)C(c2ccccc2)=C1. The number of benzene rings is 9. The van der Waals surface area contributed by atoms with Crippen molar-refractivity contribution in [2.45, 2.75) is 12.0 Å². The van der Waals surface area contributed by atoms with Gasteiger partial charge in [0.25, 0.3) is 0 Å². The Morgan fingerprint density at radius 2 is 1.05 bits per heavy atom. The maximum Gasteiger partial charge on any atom is 0.100 e. The van der Waals surface area contributed by atoms with E-state index >= 15 is 0 Å². The quantitative estimate of drug-likeness (QED) is 0.146. The number of rotatable bonds is 7. The van der Waals surface area contributed by atoms with Gasteiger partial charge in [0.1, 0.15) is 5.54 Å². The molecule has 9 aromatic carbocycles. The summed E-state index contributed by atoms with van der Waals surface area (Å²) in [5.74, 6) is 0. The maximum absolute atomic E-state index is 2.67. The molecule has 0 radical (unpaired) electrons. The van der Waals surface area contributed by atoms with E-state index in [-0.39, 0.29) is 0 Å². The second-order valence-corrected chi connectivity index (χ2v) is 16.3. The Morgan fingerprint density at radius 1 is 0.431 bits per heavy atom. The summed E-state index contributed by atoms with van der Waals surface area (Å²) >= 11 is 1.87. The predicted molar refractivity (Wildman–Crippen MR) is 250 cm³/mol. The van der Waals surface area contributed by atoms with Crippen LogP contribution in [-0.4, -0.2) is 0 Å². The van der Waals surface area contributed by atoms with Gasteiger partial charge in [0.2, 0.25) is 0 Å². The van der Waals surface area contributed by atoms with Crippen LogP contribution in [0, 0.1) is 0 Å². The molecule has 1 unspecified atom stereocenters. The molecule has 58 heavy (non-hydrogen) atoms. The van der Waals surface area contributed by atoms with E-state index in [1.807, 2.05) is 11.3 Å². The lowest BCUT2D eigenvalue weighted by Gasteiger charge is -2.49. The molecule has 1 aliphatic rings. The van der Waals surface area contributed by atoms with Gasteiger partial charge in [-0.25, -0.2) is 0 Å². The fourth-order valence-electron chi connectivity index (χ4n) is 9.40. The largest absolute Gasteiger partial charge is 0.326 e. The van der Waals surface area contributed by atoms with Crippen molar-refractivity contribution in [3.63, 3.8) is 0 Å². The second kappa shape index (κ2) is 14.2. The first-order chi connectivity index (χ1) is 28.8. The summed E-state index contributed by atoms with van der Waals surface area (Å²) in [5.41, 5.74) is 10.2. The number of thiophene rings is 1. The Balaban J connectivity index is 1.20. The van der Waals surface area contributed by atoms with Gasteiger partial charge in [0.15, 0.2) is 0 Å². The highest BCUT2D eigenvalue weighted by atomic mass is 32.1. The molecule has 0 N–H and O–H groups in total. The topological polar surface area (TPSA) is 3.24 Å². The Morgan fingerprint density at radius 3 is 1.86 bits per heavy atom. The molecule has 0 aliphatic heterocycles. The molecule has 0 saturated carbocycles. The Labute approximate surface area is 343 Å². The summed E-state index contributed by atoms with van der Waals surface area (Å²) in [6.45, 7) is 0. The van der Waals surface area contributed by atoms with Crippen LogP contribution in [0.4, 0.5) is 11.4 Å². The zero-order valence-corrected chi connectivity index (χ0v) is 32.7. The minimum Gasteiger partial charge on any atom is -0.326 e. The summed E-state index contributed by atoms with van der Waals surface area (Å²) in [6, 6.07) is 76.2. The predicted octanol–water partition coefficient (Wildman–Crippen LogP) is 15.8. The monoisotopic (exact) mass is 757 g/mol. The van der Waals surface area contributed by atoms with Gasteiger partial charge in [0, 0.05) is 31.2 Å². The highest BCUT2D eigenvalue weighted by Gasteiger charge is 2.46. The van der Waals surface area contributed by atoms with Crippen LogP contribution in [-0.2, 0) is 5.54 Å². The summed E-state index contributed by atoms with van der Waals surface area (Å²) in [7, 11) is 0. The van der Waals surface area contributed by atoms with Crippen molar-refractivity contribution in [1.29, 1.82) is 0 Å². The normalized spacial score (nSPS) is 15.3. The number of nitrogens with zero attached hydrogens (tertiary/aromatic N) is 1. The first kappa shape index (κ1) is 34.3. The average molecular weight is 758 g/mol. The third-order valence-corrected chi connectivity index (χ3v) is 13.1. The van der Waals surface area contributed by atoms with Crippen LogP contribution in [0.3, 0.4) is 0 Å². The van der Waals surface area contributed by atoms with Crippen molar-refractivity contribution in [3.8, 4) is 22.3 Å². The standard InChI is InChI=1S/C56H39NS/c1-3-17-40(18-4-1)46-23-11-13-28-52(46)56(36-16-15-27-51(56)41-19-5-2-6-20-41)57(53-37-43-21-7-8-22-45(43)47-24-9-10-25-48(47)53)44-33-30-39(31-34-44)42-32-35-50-49-26-12-14-29-54(49)58-55(50)38-42/h1-35,37-38H,36H2. The lowest BCUT2D eigenvalue weighted by atomic mass is 9.70. The third kappa shape index (κ3) is 5.60. The molecular weight excluding hydrogens is 719 g/mol. The van der Waals surface area contributed by atoms with Gasteiger partial charge in [-0.1, -0.05) is 194 Å². The third-order valence-electron chi connectivity index (χ3n) is 12.0. The summed E-state index contributed by atoms with van der Waals surface area (Å²) < 4.78 is 2.64. The van der Waals surface area contributed by atoms with E-state index in [0.717, 1.165) is 12.1 Å². The molecule has 2 heteroatoms.